The van der Waals surface area contributed by atoms with Crippen molar-refractivity contribution in [1.82, 2.24) is 18.7 Å². The van der Waals surface area contributed by atoms with Crippen molar-refractivity contribution in [2.24, 2.45) is 19.8 Å². The first-order chi connectivity index (χ1) is 13.8. The summed E-state index contributed by atoms with van der Waals surface area (Å²) in [5.74, 6) is 0.244. The summed E-state index contributed by atoms with van der Waals surface area (Å²) in [6.45, 7) is 3.54. The highest BCUT2D eigenvalue weighted by Crippen LogP contribution is 2.25. The molecule has 1 aromatic carbocycles. The SMILES string of the molecule is Cc1ccc(F)cc1Cn1c(N2CCC[C@@H](N)C2)nc2c1c(=O)n(C)c(=O)n2C. The van der Waals surface area contributed by atoms with E-state index in [1.807, 2.05) is 11.8 Å². The monoisotopic (exact) mass is 400 g/mol. The second kappa shape index (κ2) is 7.14. The Morgan fingerprint density at radius 1 is 1.24 bits per heavy atom. The Labute approximate surface area is 167 Å². The minimum absolute atomic E-state index is 0.0135. The summed E-state index contributed by atoms with van der Waals surface area (Å²) in [5, 5.41) is 0. The predicted octanol–water partition coefficient (Wildman–Crippen LogP) is 0.857. The largest absolute Gasteiger partial charge is 0.341 e. The zero-order valence-corrected chi connectivity index (χ0v) is 16.9. The molecule has 3 heterocycles. The smallest absolute Gasteiger partial charge is 0.332 e. The fourth-order valence-electron chi connectivity index (χ4n) is 4.00. The molecule has 0 saturated carbocycles. The molecule has 0 radical (unpaired) electrons. The number of hydrogen-bond donors (Lipinski definition) is 1. The van der Waals surface area contributed by atoms with Gasteiger partial charge in [0.15, 0.2) is 11.2 Å². The van der Waals surface area contributed by atoms with Gasteiger partial charge in [0, 0.05) is 33.2 Å². The molecule has 1 atom stereocenters. The zero-order chi connectivity index (χ0) is 20.9. The van der Waals surface area contributed by atoms with Gasteiger partial charge in [0.1, 0.15) is 5.82 Å². The summed E-state index contributed by atoms with van der Waals surface area (Å²) >= 11 is 0. The first kappa shape index (κ1) is 19.4. The van der Waals surface area contributed by atoms with Crippen molar-refractivity contribution in [3.63, 3.8) is 0 Å². The van der Waals surface area contributed by atoms with Gasteiger partial charge in [-0.15, -0.1) is 0 Å². The number of aromatic nitrogens is 4. The van der Waals surface area contributed by atoms with Gasteiger partial charge in [-0.2, -0.15) is 4.98 Å². The molecular formula is C20H25FN6O2. The molecular weight excluding hydrogens is 375 g/mol. The van der Waals surface area contributed by atoms with Crippen LogP contribution in [0.3, 0.4) is 0 Å². The highest BCUT2D eigenvalue weighted by atomic mass is 19.1. The van der Waals surface area contributed by atoms with E-state index >= 15 is 0 Å². The summed E-state index contributed by atoms with van der Waals surface area (Å²) in [7, 11) is 3.05. The lowest BCUT2D eigenvalue weighted by Crippen LogP contribution is -2.44. The second-order valence-electron chi connectivity index (χ2n) is 7.80. The van der Waals surface area contributed by atoms with E-state index in [1.54, 1.807) is 17.7 Å². The Hall–Kier alpha value is -2.94. The summed E-state index contributed by atoms with van der Waals surface area (Å²) < 4.78 is 18.1. The van der Waals surface area contributed by atoms with Crippen LogP contribution < -0.4 is 21.9 Å². The quantitative estimate of drug-likeness (QED) is 0.704. The number of hydrogen-bond acceptors (Lipinski definition) is 5. The van der Waals surface area contributed by atoms with Crippen molar-refractivity contribution in [2.75, 3.05) is 18.0 Å². The Bertz CT molecular complexity index is 1210. The van der Waals surface area contributed by atoms with Crippen LogP contribution in [-0.2, 0) is 20.6 Å². The number of nitrogens with zero attached hydrogens (tertiary/aromatic N) is 5. The number of halogens is 1. The van der Waals surface area contributed by atoms with Gasteiger partial charge >= 0.3 is 5.69 Å². The van der Waals surface area contributed by atoms with Gasteiger partial charge in [0.25, 0.3) is 5.56 Å². The minimum Gasteiger partial charge on any atom is -0.341 e. The number of piperidine rings is 1. The Morgan fingerprint density at radius 3 is 2.72 bits per heavy atom. The lowest BCUT2D eigenvalue weighted by Gasteiger charge is -2.32. The van der Waals surface area contributed by atoms with Crippen LogP contribution in [0.1, 0.15) is 24.0 Å². The summed E-state index contributed by atoms with van der Waals surface area (Å²) in [6.07, 6.45) is 1.85. The van der Waals surface area contributed by atoms with E-state index in [-0.39, 0.29) is 18.4 Å². The fraction of sp³-hybridized carbons (Fsp3) is 0.450. The minimum atomic E-state index is -0.434. The second-order valence-corrected chi connectivity index (χ2v) is 7.80. The van der Waals surface area contributed by atoms with E-state index in [0.29, 0.717) is 23.7 Å². The molecule has 1 aliphatic heterocycles. The number of anilines is 1. The number of rotatable bonds is 3. The van der Waals surface area contributed by atoms with Gasteiger partial charge in [-0.25, -0.2) is 9.18 Å². The topological polar surface area (TPSA) is 91.1 Å². The van der Waals surface area contributed by atoms with Crippen LogP contribution in [0.4, 0.5) is 10.3 Å². The lowest BCUT2D eigenvalue weighted by atomic mass is 10.1. The van der Waals surface area contributed by atoms with Crippen LogP contribution in [0, 0.1) is 12.7 Å². The molecule has 0 bridgehead atoms. The van der Waals surface area contributed by atoms with Crippen molar-refractivity contribution >= 4 is 17.1 Å². The van der Waals surface area contributed by atoms with E-state index in [1.165, 1.54) is 23.7 Å². The van der Waals surface area contributed by atoms with Gasteiger partial charge in [-0.05, 0) is 43.0 Å². The molecule has 29 heavy (non-hydrogen) atoms. The Morgan fingerprint density at radius 2 is 2.00 bits per heavy atom. The van der Waals surface area contributed by atoms with E-state index in [0.717, 1.165) is 35.1 Å². The molecule has 2 N–H and O–H groups in total. The molecule has 1 aliphatic rings. The van der Waals surface area contributed by atoms with Gasteiger partial charge in [-0.1, -0.05) is 6.07 Å². The van der Waals surface area contributed by atoms with E-state index < -0.39 is 11.2 Å². The van der Waals surface area contributed by atoms with Crippen molar-refractivity contribution in [2.45, 2.75) is 32.4 Å². The third-order valence-corrected chi connectivity index (χ3v) is 5.71. The van der Waals surface area contributed by atoms with Crippen LogP contribution in [0.2, 0.25) is 0 Å². The van der Waals surface area contributed by atoms with Gasteiger partial charge < -0.3 is 10.6 Å². The molecule has 3 aromatic rings. The fourth-order valence-corrected chi connectivity index (χ4v) is 4.00. The van der Waals surface area contributed by atoms with Gasteiger partial charge in [0.05, 0.1) is 6.54 Å². The predicted molar refractivity (Wildman–Crippen MR) is 110 cm³/mol. The molecule has 154 valence electrons. The molecule has 9 heteroatoms. The Kier molecular flexibility index (Phi) is 4.77. The molecule has 0 amide bonds. The van der Waals surface area contributed by atoms with Crippen LogP contribution >= 0.6 is 0 Å². The number of imidazole rings is 1. The molecule has 1 fully saturated rings. The van der Waals surface area contributed by atoms with Crippen molar-refractivity contribution < 1.29 is 4.39 Å². The molecule has 0 aliphatic carbocycles. The third-order valence-electron chi connectivity index (χ3n) is 5.71. The summed E-state index contributed by atoms with van der Waals surface area (Å²) in [4.78, 5) is 32.1. The molecule has 4 rings (SSSR count). The average Bonchev–Trinajstić information content (AvgIpc) is 3.07. The molecule has 1 saturated heterocycles. The molecule has 8 nitrogen and oxygen atoms in total. The highest BCUT2D eigenvalue weighted by molar-refractivity contribution is 5.75. The normalized spacial score (nSPS) is 17.3. The standard InChI is InChI=1S/C20H25FN6O2/c1-12-6-7-14(21)9-13(12)10-27-16-17(24(2)20(29)25(3)18(16)28)23-19(27)26-8-4-5-15(22)11-26/h6-7,9,15H,4-5,8,10-11,22H2,1-3H3/t15-/m1/s1. The van der Waals surface area contributed by atoms with Crippen molar-refractivity contribution in [1.29, 1.82) is 0 Å². The van der Waals surface area contributed by atoms with Crippen LogP contribution in [0.25, 0.3) is 11.2 Å². The maximum absolute atomic E-state index is 13.9. The molecule has 2 aromatic heterocycles. The van der Waals surface area contributed by atoms with Crippen LogP contribution in [0.5, 0.6) is 0 Å². The zero-order valence-electron chi connectivity index (χ0n) is 16.9. The van der Waals surface area contributed by atoms with Crippen molar-refractivity contribution in [3.05, 3.63) is 56.0 Å². The van der Waals surface area contributed by atoms with Gasteiger partial charge in [-0.3, -0.25) is 18.5 Å². The first-order valence-corrected chi connectivity index (χ1v) is 9.69. The number of benzene rings is 1. The number of nitrogens with two attached hydrogens (primary N) is 1. The van der Waals surface area contributed by atoms with E-state index in [9.17, 15) is 14.0 Å². The number of fused-ring (bicyclic) bond motifs is 1. The van der Waals surface area contributed by atoms with Gasteiger partial charge in [0.2, 0.25) is 5.95 Å². The third kappa shape index (κ3) is 3.25. The van der Waals surface area contributed by atoms with Crippen molar-refractivity contribution in [3.8, 4) is 0 Å². The van der Waals surface area contributed by atoms with E-state index in [2.05, 4.69) is 4.98 Å². The lowest BCUT2D eigenvalue weighted by molar-refractivity contribution is 0.495. The first-order valence-electron chi connectivity index (χ1n) is 9.69. The molecule has 0 unspecified atom stereocenters. The maximum atomic E-state index is 13.9. The Balaban J connectivity index is 1.98. The average molecular weight is 400 g/mol. The van der Waals surface area contributed by atoms with Crippen LogP contribution in [-0.4, -0.2) is 37.8 Å². The van der Waals surface area contributed by atoms with E-state index in [4.69, 9.17) is 5.73 Å². The maximum Gasteiger partial charge on any atom is 0.332 e. The number of aryl methyl sites for hydroxylation is 2. The summed E-state index contributed by atoms with van der Waals surface area (Å²) in [6, 6.07) is 4.62. The highest BCUT2D eigenvalue weighted by Gasteiger charge is 2.26. The molecule has 0 spiro atoms. The summed E-state index contributed by atoms with van der Waals surface area (Å²) in [5.41, 5.74) is 7.62. The van der Waals surface area contributed by atoms with Crippen LogP contribution in [0.15, 0.2) is 27.8 Å².